The van der Waals surface area contributed by atoms with Crippen LogP contribution in [0.15, 0.2) is 12.1 Å². The van der Waals surface area contributed by atoms with Crippen LogP contribution in [0, 0.1) is 17.8 Å². The predicted octanol–water partition coefficient (Wildman–Crippen LogP) is 3.53. The van der Waals surface area contributed by atoms with Gasteiger partial charge in [-0.05, 0) is 54.8 Å². The monoisotopic (exact) mass is 304 g/mol. The van der Waals surface area contributed by atoms with Gasteiger partial charge in [0.25, 0.3) is 0 Å². The van der Waals surface area contributed by atoms with Crippen molar-refractivity contribution >= 4 is 23.2 Å². The SMILES string of the molecule is CNC(c1cc2c(cc1Cl)NC(=O)C2)C1C2CCCCC21. The van der Waals surface area contributed by atoms with Crippen LogP contribution in [0.1, 0.15) is 42.9 Å². The topological polar surface area (TPSA) is 41.1 Å². The number of rotatable bonds is 3. The second kappa shape index (κ2) is 4.99. The Hall–Kier alpha value is -1.06. The summed E-state index contributed by atoms with van der Waals surface area (Å²) in [5, 5.41) is 7.14. The number of carbonyl (C=O) groups excluding carboxylic acids is 1. The first-order valence-corrected chi connectivity index (χ1v) is 8.36. The minimum atomic E-state index is 0.0688. The molecule has 3 atom stereocenters. The summed E-state index contributed by atoms with van der Waals surface area (Å²) in [6.45, 7) is 0. The van der Waals surface area contributed by atoms with E-state index in [1.807, 2.05) is 13.1 Å². The number of amides is 1. The number of fused-ring (bicyclic) bond motifs is 2. The van der Waals surface area contributed by atoms with Crippen molar-refractivity contribution in [1.82, 2.24) is 5.32 Å². The lowest BCUT2D eigenvalue weighted by molar-refractivity contribution is -0.115. The van der Waals surface area contributed by atoms with Crippen molar-refractivity contribution in [2.45, 2.75) is 38.1 Å². The van der Waals surface area contributed by atoms with E-state index in [1.54, 1.807) is 0 Å². The van der Waals surface area contributed by atoms with Gasteiger partial charge in [0.05, 0.1) is 6.42 Å². The molecule has 4 heteroatoms. The van der Waals surface area contributed by atoms with Gasteiger partial charge in [-0.15, -0.1) is 0 Å². The van der Waals surface area contributed by atoms with E-state index in [0.29, 0.717) is 12.5 Å². The fraction of sp³-hybridized carbons (Fsp3) is 0.588. The summed E-state index contributed by atoms with van der Waals surface area (Å²) in [5.74, 6) is 2.54. The Kier molecular flexibility index (Phi) is 3.23. The maximum absolute atomic E-state index is 11.5. The van der Waals surface area contributed by atoms with Crippen LogP contribution >= 0.6 is 11.6 Å². The molecular weight excluding hydrogens is 284 g/mol. The van der Waals surface area contributed by atoms with Crippen LogP contribution in [0.25, 0.3) is 0 Å². The van der Waals surface area contributed by atoms with Gasteiger partial charge >= 0.3 is 0 Å². The standard InChI is InChI=1S/C17H21ClN2O/c1-19-17(16-10-4-2-3-5-11(10)16)12-6-9-7-15(21)20-14(9)8-13(12)18/h6,8,10-11,16-17,19H,2-5,7H2,1H3,(H,20,21). The molecule has 0 aromatic heterocycles. The molecule has 3 aliphatic rings. The summed E-state index contributed by atoms with van der Waals surface area (Å²) in [6.07, 6.45) is 5.98. The third kappa shape index (κ3) is 2.18. The van der Waals surface area contributed by atoms with Crippen LogP contribution in [0.5, 0.6) is 0 Å². The van der Waals surface area contributed by atoms with E-state index in [1.165, 1.54) is 31.2 Å². The molecule has 0 bridgehead atoms. The Balaban J connectivity index is 1.65. The molecule has 3 unspecified atom stereocenters. The van der Waals surface area contributed by atoms with Gasteiger partial charge in [0.2, 0.25) is 5.91 Å². The smallest absolute Gasteiger partial charge is 0.228 e. The lowest BCUT2D eigenvalue weighted by atomic mass is 9.97. The molecule has 2 N–H and O–H groups in total. The van der Waals surface area contributed by atoms with Crippen LogP contribution in [-0.2, 0) is 11.2 Å². The van der Waals surface area contributed by atoms with E-state index < -0.39 is 0 Å². The van der Waals surface area contributed by atoms with Gasteiger partial charge in [-0.3, -0.25) is 4.79 Å². The molecule has 2 fully saturated rings. The van der Waals surface area contributed by atoms with Crippen LogP contribution in [-0.4, -0.2) is 13.0 Å². The average molecular weight is 305 g/mol. The third-order valence-corrected chi connectivity index (χ3v) is 5.93. The summed E-state index contributed by atoms with van der Waals surface area (Å²) in [6, 6.07) is 4.39. The number of carbonyl (C=O) groups is 1. The molecule has 4 rings (SSSR count). The van der Waals surface area contributed by atoms with Gasteiger partial charge in [0.15, 0.2) is 0 Å². The van der Waals surface area contributed by atoms with Gasteiger partial charge in [-0.25, -0.2) is 0 Å². The highest BCUT2D eigenvalue weighted by Crippen LogP contribution is 2.60. The summed E-state index contributed by atoms with van der Waals surface area (Å²) in [5.41, 5.74) is 3.15. The summed E-state index contributed by atoms with van der Waals surface area (Å²) >= 11 is 6.51. The Labute approximate surface area is 130 Å². The first-order valence-electron chi connectivity index (χ1n) is 7.98. The molecule has 1 heterocycles. The zero-order valence-electron chi connectivity index (χ0n) is 12.3. The highest BCUT2D eigenvalue weighted by molar-refractivity contribution is 6.32. The Bertz CT molecular complexity index is 589. The van der Waals surface area contributed by atoms with E-state index in [2.05, 4.69) is 16.7 Å². The van der Waals surface area contributed by atoms with Crippen molar-refractivity contribution in [2.75, 3.05) is 12.4 Å². The molecule has 1 aromatic carbocycles. The normalized spacial score (nSPS) is 31.3. The highest BCUT2D eigenvalue weighted by atomic mass is 35.5. The number of benzene rings is 1. The molecule has 2 saturated carbocycles. The summed E-state index contributed by atoms with van der Waals surface area (Å²) in [4.78, 5) is 11.5. The molecule has 3 nitrogen and oxygen atoms in total. The van der Waals surface area contributed by atoms with Crippen molar-refractivity contribution in [1.29, 1.82) is 0 Å². The number of nitrogens with one attached hydrogen (secondary N) is 2. The van der Waals surface area contributed by atoms with Crippen molar-refractivity contribution in [3.8, 4) is 0 Å². The molecule has 1 aliphatic heterocycles. The van der Waals surface area contributed by atoms with Gasteiger partial charge < -0.3 is 10.6 Å². The molecule has 112 valence electrons. The average Bonchev–Trinajstić information content (AvgIpc) is 3.07. The lowest BCUT2D eigenvalue weighted by Gasteiger charge is -2.20. The molecule has 2 aliphatic carbocycles. The molecular formula is C17H21ClN2O. The Morgan fingerprint density at radius 2 is 2.00 bits per heavy atom. The van der Waals surface area contributed by atoms with Gasteiger partial charge in [0.1, 0.15) is 0 Å². The highest BCUT2D eigenvalue weighted by Gasteiger charge is 2.54. The molecule has 0 spiro atoms. The van der Waals surface area contributed by atoms with Gasteiger partial charge in [-0.1, -0.05) is 30.5 Å². The van der Waals surface area contributed by atoms with E-state index in [0.717, 1.165) is 34.0 Å². The van der Waals surface area contributed by atoms with Crippen molar-refractivity contribution in [3.63, 3.8) is 0 Å². The van der Waals surface area contributed by atoms with Crippen LogP contribution < -0.4 is 10.6 Å². The Morgan fingerprint density at radius 1 is 1.29 bits per heavy atom. The summed E-state index contributed by atoms with van der Waals surface area (Å²) < 4.78 is 0. The fourth-order valence-electron chi connectivity index (χ4n) is 4.60. The third-order valence-electron chi connectivity index (χ3n) is 5.60. The number of hydrogen-bond donors (Lipinski definition) is 2. The van der Waals surface area contributed by atoms with E-state index in [9.17, 15) is 4.79 Å². The van der Waals surface area contributed by atoms with Crippen LogP contribution in [0.2, 0.25) is 5.02 Å². The predicted molar refractivity (Wildman–Crippen MR) is 84.5 cm³/mol. The zero-order chi connectivity index (χ0) is 14.6. The second-order valence-corrected chi connectivity index (χ2v) is 7.12. The van der Waals surface area contributed by atoms with Crippen molar-refractivity contribution < 1.29 is 4.79 Å². The van der Waals surface area contributed by atoms with E-state index in [4.69, 9.17) is 11.6 Å². The minimum Gasteiger partial charge on any atom is -0.325 e. The lowest BCUT2D eigenvalue weighted by Crippen LogP contribution is -2.20. The molecule has 1 aromatic rings. The second-order valence-electron chi connectivity index (χ2n) is 6.71. The first-order chi connectivity index (χ1) is 10.2. The summed E-state index contributed by atoms with van der Waals surface area (Å²) in [7, 11) is 2.03. The number of anilines is 1. The quantitative estimate of drug-likeness (QED) is 0.897. The van der Waals surface area contributed by atoms with Crippen molar-refractivity contribution in [3.05, 3.63) is 28.3 Å². The maximum Gasteiger partial charge on any atom is 0.228 e. The van der Waals surface area contributed by atoms with Gasteiger partial charge in [-0.2, -0.15) is 0 Å². The maximum atomic E-state index is 11.5. The number of halogens is 1. The minimum absolute atomic E-state index is 0.0688. The fourth-order valence-corrected chi connectivity index (χ4v) is 4.88. The largest absolute Gasteiger partial charge is 0.325 e. The molecule has 0 radical (unpaired) electrons. The molecule has 0 saturated heterocycles. The van der Waals surface area contributed by atoms with E-state index in [-0.39, 0.29) is 5.91 Å². The number of hydrogen-bond acceptors (Lipinski definition) is 2. The van der Waals surface area contributed by atoms with Crippen molar-refractivity contribution in [2.24, 2.45) is 17.8 Å². The molecule has 1 amide bonds. The van der Waals surface area contributed by atoms with Crippen LogP contribution in [0.3, 0.4) is 0 Å². The van der Waals surface area contributed by atoms with Crippen LogP contribution in [0.4, 0.5) is 5.69 Å². The Morgan fingerprint density at radius 3 is 2.67 bits per heavy atom. The molecule has 21 heavy (non-hydrogen) atoms. The van der Waals surface area contributed by atoms with Gasteiger partial charge in [0, 0.05) is 16.8 Å². The van der Waals surface area contributed by atoms with E-state index >= 15 is 0 Å². The zero-order valence-corrected chi connectivity index (χ0v) is 13.0. The first kappa shape index (κ1) is 13.6.